The molecule has 0 aliphatic carbocycles. The molecule has 1 atom stereocenters. The zero-order valence-corrected chi connectivity index (χ0v) is 16.7. The first-order chi connectivity index (χ1) is 12.7. The zero-order chi connectivity index (χ0) is 20.0. The summed E-state index contributed by atoms with van der Waals surface area (Å²) in [7, 11) is 3.63. The van der Waals surface area contributed by atoms with Crippen LogP contribution in [-0.2, 0) is 12.7 Å². The van der Waals surface area contributed by atoms with Crippen LogP contribution < -0.4 is 5.32 Å². The van der Waals surface area contributed by atoms with Crippen molar-refractivity contribution in [1.82, 2.24) is 15.1 Å². The summed E-state index contributed by atoms with van der Waals surface area (Å²) in [6, 6.07) is 5.86. The molecule has 1 fully saturated rings. The summed E-state index contributed by atoms with van der Waals surface area (Å²) in [6.07, 6.45) is -1.88. The number of guanidine groups is 1. The van der Waals surface area contributed by atoms with Gasteiger partial charge in [0.05, 0.1) is 5.56 Å². The molecule has 1 aromatic rings. The van der Waals surface area contributed by atoms with Crippen molar-refractivity contribution in [3.05, 3.63) is 35.4 Å². The van der Waals surface area contributed by atoms with Crippen molar-refractivity contribution in [2.24, 2.45) is 10.9 Å². The van der Waals surface area contributed by atoms with Crippen LogP contribution in [-0.4, -0.2) is 55.5 Å². The number of hydrogen-bond acceptors (Lipinski definition) is 2. The van der Waals surface area contributed by atoms with Gasteiger partial charge in [-0.15, -0.1) is 0 Å². The largest absolute Gasteiger partial charge is 0.416 e. The van der Waals surface area contributed by atoms with Gasteiger partial charge < -0.3 is 15.1 Å². The van der Waals surface area contributed by atoms with E-state index in [-0.39, 0.29) is 0 Å². The molecule has 0 bridgehead atoms. The molecule has 0 spiro atoms. The molecule has 27 heavy (non-hydrogen) atoms. The predicted octanol–water partition coefficient (Wildman–Crippen LogP) is 3.83. The fourth-order valence-corrected chi connectivity index (χ4v) is 3.50. The summed E-state index contributed by atoms with van der Waals surface area (Å²) < 4.78 is 38.0. The maximum atomic E-state index is 12.7. The Hall–Kier alpha value is -1.76. The standard InChI is InChI=1S/C20H31F3N4/c1-15(2)27-11-5-6-17(14-27)12-25-19(24-3)26(4)13-16-7-9-18(10-8-16)20(21,22)23/h7-10,15,17H,5-6,11-14H2,1-4H3,(H,24,25). The maximum Gasteiger partial charge on any atom is 0.416 e. The molecular formula is C20H31F3N4. The lowest BCUT2D eigenvalue weighted by atomic mass is 9.97. The molecule has 1 aliphatic rings. The van der Waals surface area contributed by atoms with E-state index in [1.165, 1.54) is 25.0 Å². The van der Waals surface area contributed by atoms with Gasteiger partial charge in [0.1, 0.15) is 0 Å². The Labute approximate surface area is 160 Å². The number of halogens is 3. The SMILES string of the molecule is CN=C(NCC1CCCN(C(C)C)C1)N(C)Cc1ccc(C(F)(F)F)cc1. The number of aliphatic imine (C=N–C) groups is 1. The number of hydrogen-bond donors (Lipinski definition) is 1. The number of likely N-dealkylation sites (tertiary alicyclic amines) is 1. The van der Waals surface area contributed by atoms with Gasteiger partial charge in [-0.3, -0.25) is 4.99 Å². The van der Waals surface area contributed by atoms with Gasteiger partial charge in [-0.2, -0.15) is 13.2 Å². The monoisotopic (exact) mass is 384 g/mol. The van der Waals surface area contributed by atoms with Crippen molar-refractivity contribution in [2.45, 2.75) is 45.5 Å². The smallest absolute Gasteiger partial charge is 0.356 e. The molecule has 4 nitrogen and oxygen atoms in total. The van der Waals surface area contributed by atoms with Gasteiger partial charge in [0.25, 0.3) is 0 Å². The normalized spacial score (nSPS) is 19.4. The lowest BCUT2D eigenvalue weighted by Gasteiger charge is -2.36. The van der Waals surface area contributed by atoms with E-state index in [2.05, 4.69) is 29.1 Å². The molecule has 0 radical (unpaired) electrons. The minimum atomic E-state index is -4.30. The highest BCUT2D eigenvalue weighted by molar-refractivity contribution is 5.79. The summed E-state index contributed by atoms with van der Waals surface area (Å²) in [5.74, 6) is 1.34. The summed E-state index contributed by atoms with van der Waals surface area (Å²) in [4.78, 5) is 8.76. The van der Waals surface area contributed by atoms with Crippen molar-refractivity contribution < 1.29 is 13.2 Å². The van der Waals surface area contributed by atoms with Gasteiger partial charge in [-0.25, -0.2) is 0 Å². The molecule has 0 aromatic heterocycles. The lowest BCUT2D eigenvalue weighted by molar-refractivity contribution is -0.137. The Bertz CT molecular complexity index is 611. The number of alkyl halides is 3. The third kappa shape index (κ3) is 6.41. The number of piperidine rings is 1. The zero-order valence-electron chi connectivity index (χ0n) is 16.7. The number of benzene rings is 1. The van der Waals surface area contributed by atoms with Gasteiger partial charge in [-0.1, -0.05) is 12.1 Å². The van der Waals surface area contributed by atoms with E-state index in [0.717, 1.165) is 43.3 Å². The Balaban J connectivity index is 1.87. The average Bonchev–Trinajstić information content (AvgIpc) is 2.62. The van der Waals surface area contributed by atoms with Gasteiger partial charge in [0.2, 0.25) is 0 Å². The molecule has 1 N–H and O–H groups in total. The fourth-order valence-electron chi connectivity index (χ4n) is 3.50. The Kier molecular flexibility index (Phi) is 7.53. The molecule has 1 aromatic carbocycles. The Morgan fingerprint density at radius 1 is 1.30 bits per heavy atom. The second-order valence-electron chi connectivity index (χ2n) is 7.58. The van der Waals surface area contributed by atoms with Crippen LogP contribution in [0.3, 0.4) is 0 Å². The second kappa shape index (κ2) is 9.44. The first-order valence-electron chi connectivity index (χ1n) is 9.52. The van der Waals surface area contributed by atoms with Gasteiger partial charge in [0, 0.05) is 39.8 Å². The van der Waals surface area contributed by atoms with Crippen molar-refractivity contribution in [3.8, 4) is 0 Å². The highest BCUT2D eigenvalue weighted by Crippen LogP contribution is 2.29. The highest BCUT2D eigenvalue weighted by atomic mass is 19.4. The summed E-state index contributed by atoms with van der Waals surface area (Å²) in [5, 5.41) is 3.42. The van der Waals surface area contributed by atoms with E-state index < -0.39 is 11.7 Å². The van der Waals surface area contributed by atoms with E-state index >= 15 is 0 Å². The number of rotatable bonds is 5. The van der Waals surface area contributed by atoms with E-state index in [0.29, 0.717) is 18.5 Å². The molecule has 7 heteroatoms. The van der Waals surface area contributed by atoms with E-state index in [1.807, 2.05) is 11.9 Å². The van der Waals surface area contributed by atoms with Crippen LogP contribution >= 0.6 is 0 Å². The van der Waals surface area contributed by atoms with Crippen molar-refractivity contribution >= 4 is 5.96 Å². The van der Waals surface area contributed by atoms with Gasteiger partial charge >= 0.3 is 6.18 Å². The molecule has 1 aliphatic heterocycles. The first kappa shape index (κ1) is 21.5. The number of nitrogens with zero attached hydrogens (tertiary/aromatic N) is 3. The highest BCUT2D eigenvalue weighted by Gasteiger charge is 2.30. The quantitative estimate of drug-likeness (QED) is 0.618. The summed E-state index contributed by atoms with van der Waals surface area (Å²) in [6.45, 7) is 8.06. The molecule has 0 saturated carbocycles. The van der Waals surface area contributed by atoms with Crippen molar-refractivity contribution in [2.75, 3.05) is 33.7 Å². The van der Waals surface area contributed by atoms with Crippen LogP contribution in [0.1, 0.15) is 37.8 Å². The number of nitrogens with one attached hydrogen (secondary N) is 1. The molecule has 2 rings (SSSR count). The lowest BCUT2D eigenvalue weighted by Crippen LogP contribution is -2.46. The summed E-state index contributed by atoms with van der Waals surface area (Å²) in [5.41, 5.74) is 0.195. The topological polar surface area (TPSA) is 30.9 Å². The Morgan fingerprint density at radius 3 is 2.52 bits per heavy atom. The van der Waals surface area contributed by atoms with E-state index in [4.69, 9.17) is 0 Å². The predicted molar refractivity (Wildman–Crippen MR) is 104 cm³/mol. The minimum absolute atomic E-state index is 0.501. The van der Waals surface area contributed by atoms with Crippen molar-refractivity contribution in [3.63, 3.8) is 0 Å². The second-order valence-corrected chi connectivity index (χ2v) is 7.58. The van der Waals surface area contributed by atoms with Crippen LogP contribution in [0.15, 0.2) is 29.3 Å². The van der Waals surface area contributed by atoms with E-state index in [9.17, 15) is 13.2 Å². The van der Waals surface area contributed by atoms with Crippen LogP contribution in [0.25, 0.3) is 0 Å². The molecule has 1 saturated heterocycles. The Morgan fingerprint density at radius 2 is 1.96 bits per heavy atom. The molecule has 1 unspecified atom stereocenters. The van der Waals surface area contributed by atoms with Crippen LogP contribution in [0.5, 0.6) is 0 Å². The third-order valence-corrected chi connectivity index (χ3v) is 5.10. The first-order valence-corrected chi connectivity index (χ1v) is 9.52. The fraction of sp³-hybridized carbons (Fsp3) is 0.650. The molecule has 0 amide bonds. The third-order valence-electron chi connectivity index (χ3n) is 5.10. The van der Waals surface area contributed by atoms with Gasteiger partial charge in [-0.05, 0) is 56.8 Å². The maximum absolute atomic E-state index is 12.7. The molecular weight excluding hydrogens is 353 g/mol. The van der Waals surface area contributed by atoms with Crippen LogP contribution in [0.4, 0.5) is 13.2 Å². The summed E-state index contributed by atoms with van der Waals surface area (Å²) >= 11 is 0. The molecule has 152 valence electrons. The van der Waals surface area contributed by atoms with Crippen molar-refractivity contribution in [1.29, 1.82) is 0 Å². The van der Waals surface area contributed by atoms with E-state index in [1.54, 1.807) is 7.05 Å². The average molecular weight is 384 g/mol. The minimum Gasteiger partial charge on any atom is -0.356 e. The van der Waals surface area contributed by atoms with Crippen LogP contribution in [0.2, 0.25) is 0 Å². The molecule has 1 heterocycles. The van der Waals surface area contributed by atoms with Crippen LogP contribution in [0, 0.1) is 5.92 Å². The van der Waals surface area contributed by atoms with Gasteiger partial charge in [0.15, 0.2) is 5.96 Å².